The van der Waals surface area contributed by atoms with Gasteiger partial charge in [0.05, 0.1) is 19.3 Å². The fraction of sp³-hybridized carbons (Fsp3) is 0.857. The zero-order valence-electron chi connectivity index (χ0n) is 12.9. The van der Waals surface area contributed by atoms with Crippen molar-refractivity contribution in [2.45, 2.75) is 46.1 Å². The van der Waals surface area contributed by atoms with Crippen molar-refractivity contribution in [1.82, 2.24) is 10.6 Å². The van der Waals surface area contributed by atoms with Crippen molar-refractivity contribution < 1.29 is 19.1 Å². The Morgan fingerprint density at radius 2 is 1.90 bits per heavy atom. The van der Waals surface area contributed by atoms with Crippen molar-refractivity contribution in [2.24, 2.45) is 0 Å². The van der Waals surface area contributed by atoms with E-state index in [9.17, 15) is 9.59 Å². The van der Waals surface area contributed by atoms with Crippen LogP contribution in [0, 0.1) is 0 Å². The van der Waals surface area contributed by atoms with Gasteiger partial charge >= 0.3 is 5.97 Å². The first-order valence-corrected chi connectivity index (χ1v) is 7.30. The van der Waals surface area contributed by atoms with Crippen LogP contribution in [0.3, 0.4) is 0 Å². The summed E-state index contributed by atoms with van der Waals surface area (Å²) in [6.45, 7) is 8.34. The van der Waals surface area contributed by atoms with Gasteiger partial charge in [0.15, 0.2) is 0 Å². The molecule has 0 unspecified atom stereocenters. The van der Waals surface area contributed by atoms with E-state index in [1.54, 1.807) is 6.92 Å². The Hall–Kier alpha value is -1.14. The number of rotatable bonds is 12. The molecule has 0 aromatic rings. The summed E-state index contributed by atoms with van der Waals surface area (Å²) in [7, 11) is 0. The maximum Gasteiger partial charge on any atom is 0.305 e. The van der Waals surface area contributed by atoms with E-state index in [1.165, 1.54) is 0 Å². The molecule has 1 amide bonds. The van der Waals surface area contributed by atoms with E-state index in [1.807, 2.05) is 13.8 Å². The molecule has 0 aromatic heterocycles. The van der Waals surface area contributed by atoms with Gasteiger partial charge < -0.3 is 20.1 Å². The third kappa shape index (κ3) is 13.3. The number of nitrogens with one attached hydrogen (secondary N) is 2. The second kappa shape index (κ2) is 12.9. The van der Waals surface area contributed by atoms with Crippen LogP contribution in [0.15, 0.2) is 0 Å². The third-order valence-electron chi connectivity index (χ3n) is 2.42. The fourth-order valence-corrected chi connectivity index (χ4v) is 1.47. The second-order valence-electron chi connectivity index (χ2n) is 4.71. The Balaban J connectivity index is 3.30. The molecule has 20 heavy (non-hydrogen) atoms. The molecule has 6 heteroatoms. The lowest BCUT2D eigenvalue weighted by Gasteiger charge is -2.08. The maximum absolute atomic E-state index is 11.4. The molecule has 0 heterocycles. The Labute approximate surface area is 121 Å². The molecule has 2 N–H and O–H groups in total. The molecule has 6 nitrogen and oxygen atoms in total. The van der Waals surface area contributed by atoms with Crippen molar-refractivity contribution in [1.29, 1.82) is 0 Å². The van der Waals surface area contributed by atoms with Gasteiger partial charge in [-0.2, -0.15) is 0 Å². The van der Waals surface area contributed by atoms with Crippen LogP contribution in [-0.4, -0.2) is 50.8 Å². The lowest BCUT2D eigenvalue weighted by Crippen LogP contribution is -2.35. The first kappa shape index (κ1) is 18.9. The molecule has 0 atom stereocenters. The third-order valence-corrected chi connectivity index (χ3v) is 2.42. The van der Waals surface area contributed by atoms with Crippen LogP contribution in [0.25, 0.3) is 0 Å². The molecule has 0 aliphatic carbocycles. The van der Waals surface area contributed by atoms with Gasteiger partial charge in [0, 0.05) is 19.6 Å². The number of esters is 1. The van der Waals surface area contributed by atoms with E-state index < -0.39 is 0 Å². The molecule has 0 rings (SSSR count). The molecule has 0 aliphatic heterocycles. The van der Waals surface area contributed by atoms with Crippen LogP contribution in [0.2, 0.25) is 0 Å². The van der Waals surface area contributed by atoms with Crippen molar-refractivity contribution >= 4 is 11.9 Å². The molecule has 118 valence electrons. The first-order chi connectivity index (χ1) is 9.56. The highest BCUT2D eigenvalue weighted by Gasteiger charge is 2.02. The van der Waals surface area contributed by atoms with Crippen LogP contribution in [-0.2, 0) is 19.1 Å². The highest BCUT2D eigenvalue weighted by molar-refractivity contribution is 5.77. The SMILES string of the molecule is CCOC(=O)CCCNCC(=O)NCCCOC(C)C. The van der Waals surface area contributed by atoms with E-state index in [-0.39, 0.29) is 24.5 Å². The lowest BCUT2D eigenvalue weighted by molar-refractivity contribution is -0.143. The standard InChI is InChI=1S/C14H28N2O4/c1-4-19-14(18)7-5-8-15-11-13(17)16-9-6-10-20-12(2)3/h12,15H,4-11H2,1-3H3,(H,16,17). The van der Waals surface area contributed by atoms with Gasteiger partial charge in [-0.1, -0.05) is 0 Å². The molecule has 0 aromatic carbocycles. The number of carbonyl (C=O) groups excluding carboxylic acids is 2. The summed E-state index contributed by atoms with van der Waals surface area (Å²) in [6, 6.07) is 0. The smallest absolute Gasteiger partial charge is 0.305 e. The second-order valence-corrected chi connectivity index (χ2v) is 4.71. The van der Waals surface area contributed by atoms with Gasteiger partial charge in [-0.05, 0) is 40.2 Å². The van der Waals surface area contributed by atoms with Crippen molar-refractivity contribution in [3.8, 4) is 0 Å². The zero-order valence-corrected chi connectivity index (χ0v) is 12.9. The van der Waals surface area contributed by atoms with Crippen LogP contribution in [0.4, 0.5) is 0 Å². The number of carbonyl (C=O) groups is 2. The molecular formula is C14H28N2O4. The number of ether oxygens (including phenoxy) is 2. The Bertz CT molecular complexity index is 270. The average molecular weight is 288 g/mol. The molecular weight excluding hydrogens is 260 g/mol. The minimum absolute atomic E-state index is 0.0364. The summed E-state index contributed by atoms with van der Waals surface area (Å²) in [4.78, 5) is 22.5. The van der Waals surface area contributed by atoms with Gasteiger partial charge in [-0.15, -0.1) is 0 Å². The van der Waals surface area contributed by atoms with Gasteiger partial charge in [0.2, 0.25) is 5.91 Å². The van der Waals surface area contributed by atoms with Gasteiger partial charge in [-0.25, -0.2) is 0 Å². The highest BCUT2D eigenvalue weighted by atomic mass is 16.5. The summed E-state index contributed by atoms with van der Waals surface area (Å²) in [5.74, 6) is -0.227. The summed E-state index contributed by atoms with van der Waals surface area (Å²) >= 11 is 0. The van der Waals surface area contributed by atoms with Gasteiger partial charge in [0.25, 0.3) is 0 Å². The van der Waals surface area contributed by atoms with E-state index in [0.717, 1.165) is 6.42 Å². The summed E-state index contributed by atoms with van der Waals surface area (Å²) in [5, 5.41) is 5.79. The van der Waals surface area contributed by atoms with Crippen LogP contribution >= 0.6 is 0 Å². The van der Waals surface area contributed by atoms with Crippen molar-refractivity contribution in [3.05, 3.63) is 0 Å². The molecule has 0 bridgehead atoms. The molecule has 0 saturated heterocycles. The van der Waals surface area contributed by atoms with E-state index in [2.05, 4.69) is 10.6 Å². The lowest BCUT2D eigenvalue weighted by atomic mass is 10.3. The highest BCUT2D eigenvalue weighted by Crippen LogP contribution is 1.91. The Morgan fingerprint density at radius 3 is 2.55 bits per heavy atom. The summed E-state index contributed by atoms with van der Waals surface area (Å²) in [5.41, 5.74) is 0. The van der Waals surface area contributed by atoms with Crippen molar-refractivity contribution in [3.63, 3.8) is 0 Å². The monoisotopic (exact) mass is 288 g/mol. The van der Waals surface area contributed by atoms with Gasteiger partial charge in [-0.3, -0.25) is 9.59 Å². The fourth-order valence-electron chi connectivity index (χ4n) is 1.47. The van der Waals surface area contributed by atoms with Gasteiger partial charge in [0.1, 0.15) is 0 Å². The largest absolute Gasteiger partial charge is 0.466 e. The van der Waals surface area contributed by atoms with Crippen LogP contribution < -0.4 is 10.6 Å². The first-order valence-electron chi connectivity index (χ1n) is 7.30. The predicted molar refractivity (Wildman–Crippen MR) is 77.5 cm³/mol. The molecule has 0 radical (unpaired) electrons. The molecule has 0 aliphatic rings. The minimum Gasteiger partial charge on any atom is -0.466 e. The Morgan fingerprint density at radius 1 is 1.15 bits per heavy atom. The predicted octanol–water partition coefficient (Wildman–Crippen LogP) is 0.851. The normalized spacial score (nSPS) is 10.6. The summed E-state index contributed by atoms with van der Waals surface area (Å²) < 4.78 is 10.2. The number of hydrogen-bond acceptors (Lipinski definition) is 5. The van der Waals surface area contributed by atoms with E-state index >= 15 is 0 Å². The minimum atomic E-state index is -0.191. The topological polar surface area (TPSA) is 76.7 Å². The number of hydrogen-bond donors (Lipinski definition) is 2. The molecule has 0 spiro atoms. The quantitative estimate of drug-likeness (QED) is 0.411. The van der Waals surface area contributed by atoms with Crippen LogP contribution in [0.5, 0.6) is 0 Å². The Kier molecular flexibility index (Phi) is 12.1. The molecule has 0 fully saturated rings. The zero-order chi connectivity index (χ0) is 15.2. The van der Waals surface area contributed by atoms with E-state index in [4.69, 9.17) is 9.47 Å². The number of amides is 1. The maximum atomic E-state index is 11.4. The average Bonchev–Trinajstić information content (AvgIpc) is 2.38. The molecule has 0 saturated carbocycles. The van der Waals surface area contributed by atoms with E-state index in [0.29, 0.717) is 39.1 Å². The summed E-state index contributed by atoms with van der Waals surface area (Å²) in [6.07, 6.45) is 2.10. The van der Waals surface area contributed by atoms with Crippen LogP contribution in [0.1, 0.15) is 40.0 Å². The van der Waals surface area contributed by atoms with Crippen molar-refractivity contribution in [2.75, 3.05) is 32.8 Å².